The number of benzene rings is 1. The number of carbonyl (C=O) groups is 2. The maximum absolute atomic E-state index is 11.2. The van der Waals surface area contributed by atoms with Crippen LogP contribution in [0.5, 0.6) is 0 Å². The quantitative estimate of drug-likeness (QED) is 0.745. The third-order valence-electron chi connectivity index (χ3n) is 2.21. The van der Waals surface area contributed by atoms with Gasteiger partial charge in [0.05, 0.1) is 12.7 Å². The maximum atomic E-state index is 11.2. The van der Waals surface area contributed by atoms with Gasteiger partial charge in [-0.15, -0.1) is 0 Å². The Hall–Kier alpha value is -1.88. The average Bonchev–Trinajstić information content (AvgIpc) is 2.26. The van der Waals surface area contributed by atoms with Gasteiger partial charge in [-0.25, -0.2) is 9.59 Å². The molecule has 0 saturated heterocycles. The Bertz CT molecular complexity index is 424. The van der Waals surface area contributed by atoms with E-state index >= 15 is 0 Å². The van der Waals surface area contributed by atoms with Gasteiger partial charge in [-0.05, 0) is 24.1 Å². The van der Waals surface area contributed by atoms with E-state index in [1.807, 2.05) is 0 Å². The van der Waals surface area contributed by atoms with Gasteiger partial charge in [0.1, 0.15) is 0 Å². The smallest absolute Gasteiger partial charge is 0.338 e. The number of esters is 1. The third kappa shape index (κ3) is 2.38. The average molecular weight is 224 g/mol. The van der Waals surface area contributed by atoms with Gasteiger partial charge in [0.25, 0.3) is 0 Å². The molecular formula is C11H12O5. The molecule has 0 amide bonds. The van der Waals surface area contributed by atoms with Gasteiger partial charge in [0, 0.05) is 0 Å². The van der Waals surface area contributed by atoms with E-state index in [1.54, 1.807) is 6.92 Å². The summed E-state index contributed by atoms with van der Waals surface area (Å²) in [5.41, 5.74) is 1.14. The molecule has 86 valence electrons. The van der Waals surface area contributed by atoms with Gasteiger partial charge in [-0.2, -0.15) is 0 Å². The predicted molar refractivity (Wildman–Crippen MR) is 55.1 cm³/mol. The largest absolute Gasteiger partial charge is 0.479 e. The highest BCUT2D eigenvalue weighted by molar-refractivity contribution is 5.91. The first-order chi connectivity index (χ1) is 7.47. The van der Waals surface area contributed by atoms with E-state index in [4.69, 9.17) is 5.11 Å². The normalized spacial score (nSPS) is 11.9. The molecule has 0 fully saturated rings. The van der Waals surface area contributed by atoms with Crippen LogP contribution >= 0.6 is 0 Å². The van der Waals surface area contributed by atoms with Crippen molar-refractivity contribution < 1.29 is 24.5 Å². The summed E-state index contributed by atoms with van der Waals surface area (Å²) in [5, 5.41) is 17.9. The number of carboxylic acid groups (broad SMARTS) is 1. The van der Waals surface area contributed by atoms with Gasteiger partial charge in [0.2, 0.25) is 0 Å². The Morgan fingerprint density at radius 2 is 2.00 bits per heavy atom. The summed E-state index contributed by atoms with van der Waals surface area (Å²) in [6.45, 7) is 1.64. The van der Waals surface area contributed by atoms with E-state index in [0.717, 1.165) is 0 Å². The lowest BCUT2D eigenvalue weighted by Crippen LogP contribution is -2.12. The zero-order valence-electron chi connectivity index (χ0n) is 8.93. The molecule has 1 unspecified atom stereocenters. The monoisotopic (exact) mass is 224 g/mol. The molecule has 1 rings (SSSR count). The number of carboxylic acids is 1. The SMILES string of the molecule is COC(=O)c1ccc(C(O)C(=O)O)cc1C. The molecule has 0 radical (unpaired) electrons. The van der Waals surface area contributed by atoms with Gasteiger partial charge in [-0.3, -0.25) is 0 Å². The second-order valence-corrected chi connectivity index (χ2v) is 3.31. The van der Waals surface area contributed by atoms with Crippen molar-refractivity contribution in [2.75, 3.05) is 7.11 Å². The maximum Gasteiger partial charge on any atom is 0.338 e. The van der Waals surface area contributed by atoms with Gasteiger partial charge in [-0.1, -0.05) is 12.1 Å². The summed E-state index contributed by atoms with van der Waals surface area (Å²) in [5.74, 6) is -1.82. The molecule has 0 saturated carbocycles. The van der Waals surface area contributed by atoms with Crippen molar-refractivity contribution in [1.29, 1.82) is 0 Å². The van der Waals surface area contributed by atoms with E-state index in [1.165, 1.54) is 25.3 Å². The van der Waals surface area contributed by atoms with Crippen LogP contribution in [-0.4, -0.2) is 29.3 Å². The lowest BCUT2D eigenvalue weighted by Gasteiger charge is -2.09. The van der Waals surface area contributed by atoms with E-state index in [9.17, 15) is 14.7 Å². The third-order valence-corrected chi connectivity index (χ3v) is 2.21. The fourth-order valence-corrected chi connectivity index (χ4v) is 1.34. The summed E-state index contributed by atoms with van der Waals surface area (Å²) in [6, 6.07) is 4.27. The zero-order valence-corrected chi connectivity index (χ0v) is 8.93. The van der Waals surface area contributed by atoms with Crippen LogP contribution in [-0.2, 0) is 9.53 Å². The minimum atomic E-state index is -1.58. The highest BCUT2D eigenvalue weighted by Crippen LogP contribution is 2.18. The molecule has 2 N–H and O–H groups in total. The highest BCUT2D eigenvalue weighted by Gasteiger charge is 2.18. The lowest BCUT2D eigenvalue weighted by atomic mass is 10.0. The number of aliphatic carboxylic acids is 1. The summed E-state index contributed by atoms with van der Waals surface area (Å²) < 4.78 is 4.55. The Kier molecular flexibility index (Phi) is 3.63. The van der Waals surface area contributed by atoms with E-state index in [2.05, 4.69) is 4.74 Å². The Labute approximate surface area is 92.3 Å². The van der Waals surface area contributed by atoms with Crippen LogP contribution in [0.4, 0.5) is 0 Å². The van der Waals surface area contributed by atoms with Gasteiger partial charge in [0.15, 0.2) is 6.10 Å². The van der Waals surface area contributed by atoms with E-state index in [0.29, 0.717) is 11.1 Å². The first-order valence-electron chi connectivity index (χ1n) is 4.57. The molecule has 5 nitrogen and oxygen atoms in total. The molecule has 16 heavy (non-hydrogen) atoms. The van der Waals surface area contributed by atoms with Crippen molar-refractivity contribution in [1.82, 2.24) is 0 Å². The molecule has 1 aromatic rings. The topological polar surface area (TPSA) is 83.8 Å². The fraction of sp³-hybridized carbons (Fsp3) is 0.273. The first-order valence-corrected chi connectivity index (χ1v) is 4.57. The van der Waals surface area contributed by atoms with Crippen LogP contribution in [0.3, 0.4) is 0 Å². The van der Waals surface area contributed by atoms with Crippen molar-refractivity contribution in [2.45, 2.75) is 13.0 Å². The molecule has 0 aliphatic carbocycles. The summed E-state index contributed by atoms with van der Waals surface area (Å²) in [4.78, 5) is 21.8. The number of aliphatic hydroxyl groups is 1. The molecule has 0 aliphatic rings. The number of hydrogen-bond donors (Lipinski definition) is 2. The first kappa shape index (κ1) is 12.2. The predicted octanol–water partition coefficient (Wildman–Crippen LogP) is 0.900. The van der Waals surface area contributed by atoms with Gasteiger partial charge < -0.3 is 14.9 Å². The molecule has 5 heteroatoms. The molecule has 0 bridgehead atoms. The molecule has 0 aromatic heterocycles. The second-order valence-electron chi connectivity index (χ2n) is 3.31. The Balaban J connectivity index is 3.08. The van der Waals surface area contributed by atoms with Crippen molar-refractivity contribution in [3.63, 3.8) is 0 Å². The molecule has 0 heterocycles. The number of aliphatic hydroxyl groups excluding tert-OH is 1. The summed E-state index contributed by atoms with van der Waals surface area (Å²) >= 11 is 0. The molecule has 0 spiro atoms. The number of rotatable bonds is 3. The van der Waals surface area contributed by atoms with Crippen LogP contribution in [0.15, 0.2) is 18.2 Å². The summed E-state index contributed by atoms with van der Waals surface area (Å²) in [6.07, 6.45) is -1.58. The van der Waals surface area contributed by atoms with Crippen molar-refractivity contribution in [2.24, 2.45) is 0 Å². The number of aryl methyl sites for hydroxylation is 1. The minimum absolute atomic E-state index is 0.234. The number of hydrogen-bond acceptors (Lipinski definition) is 4. The van der Waals surface area contributed by atoms with Crippen LogP contribution in [0, 0.1) is 6.92 Å². The number of methoxy groups -OCH3 is 1. The van der Waals surface area contributed by atoms with E-state index < -0.39 is 18.0 Å². The van der Waals surface area contributed by atoms with Crippen molar-refractivity contribution in [3.8, 4) is 0 Å². The molecule has 0 aliphatic heterocycles. The van der Waals surface area contributed by atoms with Crippen molar-refractivity contribution in [3.05, 3.63) is 34.9 Å². The number of ether oxygens (including phenoxy) is 1. The molecule has 1 atom stereocenters. The Morgan fingerprint density at radius 3 is 2.44 bits per heavy atom. The standard InChI is InChI=1S/C11H12O5/c1-6-5-7(9(12)10(13)14)3-4-8(6)11(15)16-2/h3-5,9,12H,1-2H3,(H,13,14). The zero-order chi connectivity index (χ0) is 12.3. The number of carbonyl (C=O) groups excluding carboxylic acids is 1. The molecular weight excluding hydrogens is 212 g/mol. The Morgan fingerprint density at radius 1 is 1.38 bits per heavy atom. The second kappa shape index (κ2) is 4.76. The van der Waals surface area contributed by atoms with Gasteiger partial charge >= 0.3 is 11.9 Å². The van der Waals surface area contributed by atoms with Crippen LogP contribution in [0.25, 0.3) is 0 Å². The summed E-state index contributed by atoms with van der Waals surface area (Å²) in [7, 11) is 1.27. The highest BCUT2D eigenvalue weighted by atomic mass is 16.5. The van der Waals surface area contributed by atoms with E-state index in [-0.39, 0.29) is 5.56 Å². The minimum Gasteiger partial charge on any atom is -0.479 e. The lowest BCUT2D eigenvalue weighted by molar-refractivity contribution is -0.146. The molecule has 1 aromatic carbocycles. The van der Waals surface area contributed by atoms with Crippen LogP contribution in [0.1, 0.15) is 27.6 Å². The van der Waals surface area contributed by atoms with Crippen LogP contribution in [0.2, 0.25) is 0 Å². The van der Waals surface area contributed by atoms with Crippen LogP contribution < -0.4 is 0 Å². The van der Waals surface area contributed by atoms with Crippen molar-refractivity contribution >= 4 is 11.9 Å². The fourth-order valence-electron chi connectivity index (χ4n) is 1.34.